The third-order valence-corrected chi connectivity index (χ3v) is 8.48. The molecule has 0 radical (unpaired) electrons. The van der Waals surface area contributed by atoms with Crippen LogP contribution in [0.1, 0.15) is 16.1 Å². The molecule has 7 nitrogen and oxygen atoms in total. The summed E-state index contributed by atoms with van der Waals surface area (Å²) in [6, 6.07) is 19.3. The number of amides is 1. The van der Waals surface area contributed by atoms with Gasteiger partial charge in [0.05, 0.1) is 28.1 Å². The number of carbonyl (C=O) groups is 1. The van der Waals surface area contributed by atoms with E-state index in [9.17, 15) is 22.0 Å². The number of aromatic nitrogens is 1. The van der Waals surface area contributed by atoms with Gasteiger partial charge in [0.15, 0.2) is 10.9 Å². The lowest BCUT2D eigenvalue weighted by Gasteiger charge is -2.21. The van der Waals surface area contributed by atoms with Crippen molar-refractivity contribution in [2.75, 3.05) is 16.3 Å². The maximum atomic E-state index is 14.3. The van der Waals surface area contributed by atoms with Gasteiger partial charge in [-0.05, 0) is 54.6 Å². The quantitative estimate of drug-likeness (QED) is 0.260. The van der Waals surface area contributed by atoms with Crippen molar-refractivity contribution in [2.24, 2.45) is 0 Å². The van der Waals surface area contributed by atoms with E-state index in [1.54, 1.807) is 42.5 Å². The number of halogens is 2. The molecule has 0 atom stereocenters. The van der Waals surface area contributed by atoms with Crippen molar-refractivity contribution in [1.82, 2.24) is 4.98 Å². The zero-order valence-corrected chi connectivity index (χ0v) is 21.0. The number of rotatable bonds is 7. The number of benzene rings is 3. The normalized spacial score (nSPS) is 11.5. The lowest BCUT2D eigenvalue weighted by Crippen LogP contribution is -2.30. The predicted molar refractivity (Wildman–Crippen MR) is 137 cm³/mol. The maximum Gasteiger partial charge on any atom is 0.264 e. The van der Waals surface area contributed by atoms with E-state index in [0.29, 0.717) is 11.4 Å². The first-order valence-corrected chi connectivity index (χ1v) is 13.2. The first kappa shape index (κ1) is 24.6. The Hall–Kier alpha value is -4.09. The van der Waals surface area contributed by atoms with Gasteiger partial charge >= 0.3 is 0 Å². The lowest BCUT2D eigenvalue weighted by atomic mass is 10.2. The van der Waals surface area contributed by atoms with Crippen molar-refractivity contribution >= 4 is 48.3 Å². The highest BCUT2D eigenvalue weighted by molar-refractivity contribution is 7.92. The summed E-state index contributed by atoms with van der Waals surface area (Å²) in [6.07, 6.45) is 1.45. The van der Waals surface area contributed by atoms with Crippen molar-refractivity contribution in [3.8, 4) is 0 Å². The van der Waals surface area contributed by atoms with Gasteiger partial charge in [0.1, 0.15) is 17.1 Å². The molecule has 5 rings (SSSR count). The second-order valence-electron chi connectivity index (χ2n) is 8.03. The van der Waals surface area contributed by atoms with Gasteiger partial charge in [-0.25, -0.2) is 22.2 Å². The average molecular weight is 540 g/mol. The Kier molecular flexibility index (Phi) is 6.48. The molecule has 0 saturated heterocycles. The Labute approximate surface area is 215 Å². The molecule has 2 heterocycles. The summed E-state index contributed by atoms with van der Waals surface area (Å²) in [5.74, 6) is -1.65. The van der Waals surface area contributed by atoms with Crippen molar-refractivity contribution in [3.63, 3.8) is 0 Å². The number of sulfonamides is 1. The average Bonchev–Trinajstić information content (AvgIpc) is 3.57. The molecule has 0 aliphatic heterocycles. The van der Waals surface area contributed by atoms with Crippen molar-refractivity contribution < 1.29 is 26.4 Å². The summed E-state index contributed by atoms with van der Waals surface area (Å²) in [7, 11) is -2.42. The molecule has 0 saturated carbocycles. The summed E-state index contributed by atoms with van der Waals surface area (Å²) in [6.45, 7) is -0.0213. The molecule has 3 aromatic carbocycles. The first-order valence-electron chi connectivity index (χ1n) is 11.0. The zero-order valence-electron chi connectivity index (χ0n) is 19.3. The van der Waals surface area contributed by atoms with E-state index in [1.807, 2.05) is 0 Å². The summed E-state index contributed by atoms with van der Waals surface area (Å²) in [4.78, 5) is 19.1. The fourth-order valence-electron chi connectivity index (χ4n) is 3.71. The molecule has 0 fully saturated rings. The van der Waals surface area contributed by atoms with Gasteiger partial charge in [-0.15, -0.1) is 0 Å². The molecule has 0 N–H and O–H groups in total. The zero-order chi connectivity index (χ0) is 26.2. The number of furan rings is 1. The Balaban J connectivity index is 1.48. The van der Waals surface area contributed by atoms with Crippen LogP contribution in [0.3, 0.4) is 0 Å². The highest BCUT2D eigenvalue weighted by Gasteiger charge is 2.26. The predicted octanol–water partition coefficient (Wildman–Crippen LogP) is 5.84. The lowest BCUT2D eigenvalue weighted by molar-refractivity contribution is 0.0983. The largest absolute Gasteiger partial charge is 0.467 e. The number of fused-ring (bicyclic) bond motifs is 1. The molecule has 5 aromatic rings. The SMILES string of the molecule is CN(c1ccccc1)S(=O)(=O)c1ccc(C(=O)N(Cc2ccco2)c2nc3c(F)cc(F)cc3s2)cc1. The van der Waals surface area contributed by atoms with E-state index in [0.717, 1.165) is 27.8 Å². The highest BCUT2D eigenvalue weighted by atomic mass is 32.2. The third kappa shape index (κ3) is 4.83. The second-order valence-corrected chi connectivity index (χ2v) is 11.0. The molecule has 37 heavy (non-hydrogen) atoms. The first-order chi connectivity index (χ1) is 17.7. The minimum atomic E-state index is -3.87. The molecule has 188 valence electrons. The van der Waals surface area contributed by atoms with Crippen LogP contribution in [0.5, 0.6) is 0 Å². The Morgan fingerprint density at radius 2 is 1.73 bits per heavy atom. The van der Waals surface area contributed by atoms with Crippen LogP contribution in [0, 0.1) is 11.6 Å². The fraction of sp³-hybridized carbons (Fsp3) is 0.0769. The van der Waals surface area contributed by atoms with Crippen LogP contribution < -0.4 is 9.21 Å². The van der Waals surface area contributed by atoms with Crippen LogP contribution in [0.2, 0.25) is 0 Å². The van der Waals surface area contributed by atoms with E-state index in [4.69, 9.17) is 4.42 Å². The molecule has 0 aliphatic rings. The van der Waals surface area contributed by atoms with Crippen LogP contribution in [-0.4, -0.2) is 26.4 Å². The van der Waals surface area contributed by atoms with E-state index in [2.05, 4.69) is 4.98 Å². The molecular weight excluding hydrogens is 520 g/mol. The van der Waals surface area contributed by atoms with Gasteiger partial charge < -0.3 is 4.42 Å². The van der Waals surface area contributed by atoms with Crippen molar-refractivity contribution in [2.45, 2.75) is 11.4 Å². The fourth-order valence-corrected chi connectivity index (χ4v) is 5.90. The summed E-state index contributed by atoms with van der Waals surface area (Å²) >= 11 is 0.957. The topological polar surface area (TPSA) is 83.7 Å². The number of anilines is 2. The van der Waals surface area contributed by atoms with E-state index < -0.39 is 27.6 Å². The minimum absolute atomic E-state index is 0.00511. The molecule has 0 aliphatic carbocycles. The Morgan fingerprint density at radius 1 is 1.00 bits per heavy atom. The molecule has 0 unspecified atom stereocenters. The second kappa shape index (κ2) is 9.75. The van der Waals surface area contributed by atoms with E-state index in [-0.39, 0.29) is 32.4 Å². The number of nitrogens with zero attached hydrogens (tertiary/aromatic N) is 3. The van der Waals surface area contributed by atoms with Crippen LogP contribution in [-0.2, 0) is 16.6 Å². The molecule has 0 bridgehead atoms. The number of carbonyl (C=O) groups excluding carboxylic acids is 1. The summed E-state index contributed by atoms with van der Waals surface area (Å²) in [5, 5.41) is 0.140. The minimum Gasteiger partial charge on any atom is -0.467 e. The molecule has 1 amide bonds. The van der Waals surface area contributed by atoms with Gasteiger partial charge in [0, 0.05) is 18.7 Å². The van der Waals surface area contributed by atoms with Crippen LogP contribution in [0.4, 0.5) is 19.6 Å². The highest BCUT2D eigenvalue weighted by Crippen LogP contribution is 2.33. The summed E-state index contributed by atoms with van der Waals surface area (Å²) < 4.78 is 61.0. The smallest absolute Gasteiger partial charge is 0.264 e. The number of para-hydroxylation sites is 1. The number of hydrogen-bond acceptors (Lipinski definition) is 6. The Morgan fingerprint density at radius 3 is 2.41 bits per heavy atom. The number of thiazole rings is 1. The molecule has 2 aromatic heterocycles. The van der Waals surface area contributed by atoms with Gasteiger partial charge in [0.25, 0.3) is 15.9 Å². The summed E-state index contributed by atoms with van der Waals surface area (Å²) in [5.41, 5.74) is 0.620. The number of hydrogen-bond donors (Lipinski definition) is 0. The molecule has 11 heteroatoms. The van der Waals surface area contributed by atoms with Gasteiger partial charge in [-0.1, -0.05) is 29.5 Å². The molecular formula is C26H19F2N3O4S2. The third-order valence-electron chi connectivity index (χ3n) is 5.65. The van der Waals surface area contributed by atoms with Gasteiger partial charge in [0.2, 0.25) is 0 Å². The van der Waals surface area contributed by atoms with Crippen LogP contribution >= 0.6 is 11.3 Å². The maximum absolute atomic E-state index is 14.3. The van der Waals surface area contributed by atoms with Gasteiger partial charge in [-0.2, -0.15) is 0 Å². The van der Waals surface area contributed by atoms with Crippen LogP contribution in [0.25, 0.3) is 10.2 Å². The van der Waals surface area contributed by atoms with Crippen molar-refractivity contribution in [1.29, 1.82) is 0 Å². The van der Waals surface area contributed by atoms with E-state index >= 15 is 0 Å². The van der Waals surface area contributed by atoms with Gasteiger partial charge in [-0.3, -0.25) is 14.0 Å². The standard InChI is InChI=1S/C26H19F2N3O4S2/c1-30(19-6-3-2-4-7-19)37(33,34)21-11-9-17(10-12-21)25(32)31(16-20-8-5-13-35-20)26-29-24-22(28)14-18(27)15-23(24)36-26/h2-15H,16H2,1H3. The van der Waals surface area contributed by atoms with Crippen LogP contribution in [0.15, 0.2) is 94.4 Å². The Bertz CT molecular complexity index is 1670. The monoisotopic (exact) mass is 539 g/mol. The van der Waals surface area contributed by atoms with E-state index in [1.165, 1.54) is 42.5 Å². The van der Waals surface area contributed by atoms with Crippen molar-refractivity contribution in [3.05, 3.63) is 108 Å². The molecule has 0 spiro atoms.